The molecule has 2 N–H and O–H groups in total. The molecule has 0 aliphatic carbocycles. The van der Waals surface area contributed by atoms with Crippen LogP contribution in [0, 0.1) is 5.82 Å². The minimum absolute atomic E-state index is 0.0900. The zero-order valence-corrected chi connectivity index (χ0v) is 16.5. The third kappa shape index (κ3) is 7.78. The highest BCUT2D eigenvalue weighted by Crippen LogP contribution is 2.18. The van der Waals surface area contributed by atoms with Crippen LogP contribution in [0.3, 0.4) is 0 Å². The van der Waals surface area contributed by atoms with Crippen LogP contribution in [0.5, 0.6) is 0 Å². The van der Waals surface area contributed by atoms with Gasteiger partial charge in [0.05, 0.1) is 12.5 Å². The lowest BCUT2D eigenvalue weighted by molar-refractivity contribution is -0.121. The van der Waals surface area contributed by atoms with Crippen molar-refractivity contribution >= 4 is 12.0 Å². The molecule has 0 unspecified atom stereocenters. The first-order chi connectivity index (χ1) is 13.2. The van der Waals surface area contributed by atoms with E-state index < -0.39 is 17.7 Å². The van der Waals surface area contributed by atoms with Crippen molar-refractivity contribution in [3.63, 3.8) is 0 Å². The molecule has 0 aliphatic heterocycles. The molecule has 0 aliphatic rings. The van der Waals surface area contributed by atoms with E-state index in [2.05, 4.69) is 10.6 Å². The number of rotatable bonds is 7. The van der Waals surface area contributed by atoms with Crippen molar-refractivity contribution in [2.24, 2.45) is 0 Å². The first-order valence-corrected chi connectivity index (χ1v) is 9.28. The zero-order valence-electron chi connectivity index (χ0n) is 16.5. The molecule has 2 amide bonds. The predicted octanol–water partition coefficient (Wildman–Crippen LogP) is 4.14. The van der Waals surface area contributed by atoms with Crippen LogP contribution >= 0.6 is 0 Å². The number of alkyl carbamates (subject to hydrolysis) is 1. The lowest BCUT2D eigenvalue weighted by atomic mass is 10.0. The Balaban J connectivity index is 1.92. The molecular weight excluding hydrogens is 359 g/mol. The summed E-state index contributed by atoms with van der Waals surface area (Å²) in [5, 5.41) is 5.61. The van der Waals surface area contributed by atoms with E-state index in [4.69, 9.17) is 4.74 Å². The van der Waals surface area contributed by atoms with Crippen LogP contribution < -0.4 is 10.6 Å². The number of nitrogens with one attached hydrogen (secondary N) is 2. The third-order valence-electron chi connectivity index (χ3n) is 3.93. The second kappa shape index (κ2) is 9.88. The van der Waals surface area contributed by atoms with Crippen molar-refractivity contribution in [1.29, 1.82) is 0 Å². The molecule has 0 bridgehead atoms. The standard InChI is InChI=1S/C22H27FN2O3/c1-22(2,3)28-21(27)25-19(17-7-5-4-6-8-17)15-20(26)24-14-13-16-9-11-18(23)12-10-16/h4-12,19H,13-15H2,1-3H3,(H,24,26)(H,25,27)/t19-/m0/s1. The summed E-state index contributed by atoms with van der Waals surface area (Å²) in [5.41, 5.74) is 1.14. The Morgan fingerprint density at radius 2 is 1.68 bits per heavy atom. The summed E-state index contributed by atoms with van der Waals surface area (Å²) in [7, 11) is 0. The molecule has 0 heterocycles. The molecule has 0 saturated heterocycles. The van der Waals surface area contributed by atoms with E-state index in [0.717, 1.165) is 11.1 Å². The quantitative estimate of drug-likeness (QED) is 0.751. The van der Waals surface area contributed by atoms with E-state index in [0.29, 0.717) is 13.0 Å². The van der Waals surface area contributed by atoms with Gasteiger partial charge >= 0.3 is 6.09 Å². The van der Waals surface area contributed by atoms with Gasteiger partial charge in [0.25, 0.3) is 0 Å². The van der Waals surface area contributed by atoms with Crippen molar-refractivity contribution in [2.45, 2.75) is 45.3 Å². The van der Waals surface area contributed by atoms with E-state index in [1.807, 2.05) is 30.3 Å². The lowest BCUT2D eigenvalue weighted by Crippen LogP contribution is -2.37. The molecule has 1 atom stereocenters. The van der Waals surface area contributed by atoms with Crippen LogP contribution in [0.1, 0.15) is 44.4 Å². The van der Waals surface area contributed by atoms with Crippen LogP contribution in [-0.2, 0) is 16.0 Å². The first-order valence-electron chi connectivity index (χ1n) is 9.28. The van der Waals surface area contributed by atoms with E-state index in [1.165, 1.54) is 12.1 Å². The summed E-state index contributed by atoms with van der Waals surface area (Å²) >= 11 is 0. The smallest absolute Gasteiger partial charge is 0.408 e. The molecule has 28 heavy (non-hydrogen) atoms. The Morgan fingerprint density at radius 3 is 2.29 bits per heavy atom. The van der Waals surface area contributed by atoms with Crippen LogP contribution in [-0.4, -0.2) is 24.1 Å². The molecule has 150 valence electrons. The first kappa shape index (κ1) is 21.4. The maximum atomic E-state index is 12.9. The number of halogens is 1. The number of carbonyl (C=O) groups is 2. The number of benzene rings is 2. The monoisotopic (exact) mass is 386 g/mol. The predicted molar refractivity (Wildman–Crippen MR) is 106 cm³/mol. The SMILES string of the molecule is CC(C)(C)OC(=O)N[C@@H](CC(=O)NCCc1ccc(F)cc1)c1ccccc1. The molecule has 0 aromatic heterocycles. The van der Waals surface area contributed by atoms with Crippen molar-refractivity contribution < 1.29 is 18.7 Å². The van der Waals surface area contributed by atoms with Gasteiger partial charge in [-0.05, 0) is 50.5 Å². The number of amides is 2. The van der Waals surface area contributed by atoms with Gasteiger partial charge in [-0.3, -0.25) is 4.79 Å². The highest BCUT2D eigenvalue weighted by atomic mass is 19.1. The minimum atomic E-state index is -0.622. The fourth-order valence-corrected chi connectivity index (χ4v) is 2.64. The molecule has 2 rings (SSSR count). The van der Waals surface area contributed by atoms with Crippen molar-refractivity contribution in [1.82, 2.24) is 10.6 Å². The van der Waals surface area contributed by atoms with Gasteiger partial charge in [-0.1, -0.05) is 42.5 Å². The number of hydrogen-bond acceptors (Lipinski definition) is 3. The zero-order chi connectivity index (χ0) is 20.6. The largest absolute Gasteiger partial charge is 0.444 e. The summed E-state index contributed by atoms with van der Waals surface area (Å²) < 4.78 is 18.2. The average Bonchev–Trinajstić information content (AvgIpc) is 2.62. The van der Waals surface area contributed by atoms with Crippen LogP contribution in [0.15, 0.2) is 54.6 Å². The van der Waals surface area contributed by atoms with Gasteiger partial charge in [-0.25, -0.2) is 9.18 Å². The molecular formula is C22H27FN2O3. The summed E-state index contributed by atoms with van der Waals surface area (Å²) in [4.78, 5) is 24.5. The van der Waals surface area contributed by atoms with Gasteiger partial charge < -0.3 is 15.4 Å². The maximum Gasteiger partial charge on any atom is 0.408 e. The van der Waals surface area contributed by atoms with Gasteiger partial charge in [0.15, 0.2) is 0 Å². The molecule has 0 saturated carbocycles. The van der Waals surface area contributed by atoms with Gasteiger partial charge in [0, 0.05) is 6.54 Å². The van der Waals surface area contributed by atoms with Gasteiger partial charge in [0.2, 0.25) is 5.91 Å². The summed E-state index contributed by atoms with van der Waals surface area (Å²) in [5.74, 6) is -0.473. The molecule has 0 spiro atoms. The average molecular weight is 386 g/mol. The fourth-order valence-electron chi connectivity index (χ4n) is 2.64. The third-order valence-corrected chi connectivity index (χ3v) is 3.93. The topological polar surface area (TPSA) is 67.4 Å². The normalized spacial score (nSPS) is 12.1. The number of hydrogen-bond donors (Lipinski definition) is 2. The maximum absolute atomic E-state index is 12.9. The Kier molecular flexibility index (Phi) is 7.55. The molecule has 5 nitrogen and oxygen atoms in total. The molecule has 0 fully saturated rings. The summed E-state index contributed by atoms with van der Waals surface area (Å²) in [6.07, 6.45) is 0.120. The van der Waals surface area contributed by atoms with E-state index in [-0.39, 0.29) is 18.1 Å². The van der Waals surface area contributed by atoms with Crippen molar-refractivity contribution in [3.05, 3.63) is 71.5 Å². The van der Waals surface area contributed by atoms with Gasteiger partial charge in [-0.2, -0.15) is 0 Å². The van der Waals surface area contributed by atoms with Crippen LogP contribution in [0.2, 0.25) is 0 Å². The molecule has 2 aromatic carbocycles. The fraction of sp³-hybridized carbons (Fsp3) is 0.364. The minimum Gasteiger partial charge on any atom is -0.444 e. The Labute approximate surface area is 165 Å². The van der Waals surface area contributed by atoms with E-state index in [9.17, 15) is 14.0 Å². The lowest BCUT2D eigenvalue weighted by Gasteiger charge is -2.23. The van der Waals surface area contributed by atoms with Crippen molar-refractivity contribution in [2.75, 3.05) is 6.54 Å². The van der Waals surface area contributed by atoms with Gasteiger partial charge in [-0.15, -0.1) is 0 Å². The Bertz CT molecular complexity index is 771. The second-order valence-electron chi connectivity index (χ2n) is 7.54. The highest BCUT2D eigenvalue weighted by Gasteiger charge is 2.22. The van der Waals surface area contributed by atoms with Gasteiger partial charge in [0.1, 0.15) is 11.4 Å². The highest BCUT2D eigenvalue weighted by molar-refractivity contribution is 5.78. The molecule has 0 radical (unpaired) electrons. The van der Waals surface area contributed by atoms with E-state index >= 15 is 0 Å². The summed E-state index contributed by atoms with van der Waals surface area (Å²) in [6, 6.07) is 15.0. The number of ether oxygens (including phenoxy) is 1. The molecule has 6 heteroatoms. The van der Waals surface area contributed by atoms with E-state index in [1.54, 1.807) is 32.9 Å². The molecule has 2 aromatic rings. The van der Waals surface area contributed by atoms with Crippen LogP contribution in [0.4, 0.5) is 9.18 Å². The Hall–Kier alpha value is -2.89. The Morgan fingerprint density at radius 1 is 1.04 bits per heavy atom. The van der Waals surface area contributed by atoms with Crippen LogP contribution in [0.25, 0.3) is 0 Å². The van der Waals surface area contributed by atoms with Crippen molar-refractivity contribution in [3.8, 4) is 0 Å². The second-order valence-corrected chi connectivity index (χ2v) is 7.54. The number of carbonyl (C=O) groups excluding carboxylic acids is 2. The summed E-state index contributed by atoms with van der Waals surface area (Å²) in [6.45, 7) is 5.78.